The molecular weight excluding hydrogens is 188 g/mol. The van der Waals surface area contributed by atoms with Gasteiger partial charge in [-0.05, 0) is 21.9 Å². The van der Waals surface area contributed by atoms with Crippen LogP contribution in [0.2, 0.25) is 0 Å². The van der Waals surface area contributed by atoms with E-state index in [0.29, 0.717) is 0 Å². The van der Waals surface area contributed by atoms with Crippen LogP contribution in [0, 0.1) is 0 Å². The molecule has 0 saturated heterocycles. The van der Waals surface area contributed by atoms with Gasteiger partial charge in [0.25, 0.3) is 0 Å². The molecule has 0 amide bonds. The van der Waals surface area contributed by atoms with Crippen molar-refractivity contribution in [1.29, 1.82) is 0 Å². The Balaban J connectivity index is 2.44. The number of aldehydes is 1. The lowest BCUT2D eigenvalue weighted by molar-refractivity contribution is -0.111. The van der Waals surface area contributed by atoms with Crippen LogP contribution < -0.4 is 0 Å². The molecule has 2 heteroatoms. The third kappa shape index (κ3) is 0.997. The average Bonchev–Trinajstić information content (AvgIpc) is 2.55. The first kappa shape index (κ1) is 8.62. The lowest BCUT2D eigenvalue weighted by atomic mass is 10.0. The summed E-state index contributed by atoms with van der Waals surface area (Å²) in [5.41, 5.74) is 1.82. The minimum atomic E-state index is -0.677. The number of carbonyl (C=O) groups is 1. The molecule has 0 heterocycles. The minimum absolute atomic E-state index is 0.397. The molecule has 0 aromatic heterocycles. The third-order valence-corrected chi connectivity index (χ3v) is 3.13. The number of aliphatic hydroxyl groups excluding tert-OH is 1. The maximum absolute atomic E-state index is 11.0. The first-order valence-electron chi connectivity index (χ1n) is 4.98. The van der Waals surface area contributed by atoms with E-state index >= 15 is 0 Å². The van der Waals surface area contributed by atoms with Gasteiger partial charge in [0.2, 0.25) is 0 Å². The second-order valence-corrected chi connectivity index (χ2v) is 3.90. The lowest BCUT2D eigenvalue weighted by Crippen LogP contribution is -2.05. The standard InChI is InChI=1S/C13H10O2/c14-7-11-9-5-1-3-8-4-2-6-10(12(8)9)13(11)15/h1-7,11,13,15H. The van der Waals surface area contributed by atoms with E-state index in [1.165, 1.54) is 0 Å². The number of hydrogen-bond donors (Lipinski definition) is 1. The van der Waals surface area contributed by atoms with E-state index in [0.717, 1.165) is 28.2 Å². The molecule has 0 bridgehead atoms. The van der Waals surface area contributed by atoms with Crippen LogP contribution in [0.25, 0.3) is 10.8 Å². The number of hydrogen-bond acceptors (Lipinski definition) is 2. The Morgan fingerprint density at radius 3 is 2.40 bits per heavy atom. The van der Waals surface area contributed by atoms with Crippen molar-refractivity contribution in [2.24, 2.45) is 0 Å². The van der Waals surface area contributed by atoms with Crippen LogP contribution in [-0.4, -0.2) is 11.4 Å². The van der Waals surface area contributed by atoms with Crippen LogP contribution in [0.5, 0.6) is 0 Å². The Kier molecular flexibility index (Phi) is 1.67. The topological polar surface area (TPSA) is 37.3 Å². The van der Waals surface area contributed by atoms with Crippen molar-refractivity contribution in [3.05, 3.63) is 47.5 Å². The van der Waals surface area contributed by atoms with Crippen molar-refractivity contribution in [3.8, 4) is 0 Å². The highest BCUT2D eigenvalue weighted by Gasteiger charge is 2.32. The summed E-state index contributed by atoms with van der Waals surface area (Å²) in [5, 5.41) is 12.1. The van der Waals surface area contributed by atoms with E-state index in [-0.39, 0.29) is 0 Å². The second kappa shape index (κ2) is 2.91. The van der Waals surface area contributed by atoms with Gasteiger partial charge in [-0.2, -0.15) is 0 Å². The zero-order chi connectivity index (χ0) is 10.4. The summed E-state index contributed by atoms with van der Waals surface area (Å²) >= 11 is 0. The largest absolute Gasteiger partial charge is 0.387 e. The lowest BCUT2D eigenvalue weighted by Gasteiger charge is -2.08. The first-order chi connectivity index (χ1) is 7.33. The highest BCUT2D eigenvalue weighted by Crippen LogP contribution is 2.43. The molecule has 2 atom stereocenters. The number of carbonyl (C=O) groups excluding carboxylic acids is 1. The van der Waals surface area contributed by atoms with Crippen molar-refractivity contribution in [3.63, 3.8) is 0 Å². The molecule has 1 N–H and O–H groups in total. The predicted molar refractivity (Wildman–Crippen MR) is 57.7 cm³/mol. The van der Waals surface area contributed by atoms with Crippen LogP contribution in [0.15, 0.2) is 36.4 Å². The fourth-order valence-corrected chi connectivity index (χ4v) is 2.44. The Hall–Kier alpha value is -1.67. The van der Waals surface area contributed by atoms with Crippen LogP contribution >= 0.6 is 0 Å². The molecule has 0 spiro atoms. The Morgan fingerprint density at radius 2 is 1.73 bits per heavy atom. The van der Waals surface area contributed by atoms with Gasteiger partial charge in [0.05, 0.1) is 12.0 Å². The van der Waals surface area contributed by atoms with E-state index in [9.17, 15) is 9.90 Å². The van der Waals surface area contributed by atoms with Gasteiger partial charge >= 0.3 is 0 Å². The fraction of sp³-hybridized carbons (Fsp3) is 0.154. The molecule has 2 nitrogen and oxygen atoms in total. The van der Waals surface area contributed by atoms with Crippen LogP contribution in [-0.2, 0) is 4.79 Å². The molecule has 1 aliphatic rings. The zero-order valence-electron chi connectivity index (χ0n) is 8.05. The molecule has 2 aromatic carbocycles. The normalized spacial score (nSPS) is 23.3. The highest BCUT2D eigenvalue weighted by molar-refractivity contribution is 5.95. The van der Waals surface area contributed by atoms with Crippen molar-refractivity contribution in [2.45, 2.75) is 12.0 Å². The van der Waals surface area contributed by atoms with E-state index in [1.807, 2.05) is 36.4 Å². The maximum Gasteiger partial charge on any atom is 0.130 e. The molecule has 1 aliphatic carbocycles. The molecule has 2 unspecified atom stereocenters. The first-order valence-corrected chi connectivity index (χ1v) is 4.98. The summed E-state index contributed by atoms with van der Waals surface area (Å²) in [6.45, 7) is 0. The van der Waals surface area contributed by atoms with Gasteiger partial charge < -0.3 is 9.90 Å². The summed E-state index contributed by atoms with van der Waals surface area (Å²) in [4.78, 5) is 11.0. The monoisotopic (exact) mass is 198 g/mol. The Labute approximate surface area is 87.2 Å². The average molecular weight is 198 g/mol. The van der Waals surface area contributed by atoms with Gasteiger partial charge in [0, 0.05) is 0 Å². The summed E-state index contributed by atoms with van der Waals surface area (Å²) in [6.07, 6.45) is 0.156. The van der Waals surface area contributed by atoms with E-state index in [2.05, 4.69) is 0 Å². The molecular formula is C13H10O2. The van der Waals surface area contributed by atoms with Crippen LogP contribution in [0.1, 0.15) is 23.1 Å². The molecule has 0 fully saturated rings. The Morgan fingerprint density at radius 1 is 1.07 bits per heavy atom. The summed E-state index contributed by atoms with van der Waals surface area (Å²) in [5.74, 6) is -0.397. The van der Waals surface area contributed by atoms with Crippen molar-refractivity contribution < 1.29 is 9.90 Å². The van der Waals surface area contributed by atoms with Gasteiger partial charge in [-0.3, -0.25) is 0 Å². The summed E-state index contributed by atoms with van der Waals surface area (Å²) in [6, 6.07) is 11.7. The summed E-state index contributed by atoms with van der Waals surface area (Å²) < 4.78 is 0. The quantitative estimate of drug-likeness (QED) is 0.713. The van der Waals surface area contributed by atoms with Gasteiger partial charge in [-0.15, -0.1) is 0 Å². The molecule has 0 aliphatic heterocycles. The number of benzene rings is 2. The van der Waals surface area contributed by atoms with Crippen molar-refractivity contribution in [2.75, 3.05) is 0 Å². The molecule has 0 saturated carbocycles. The number of rotatable bonds is 1. The molecule has 0 radical (unpaired) electrons. The molecule has 3 rings (SSSR count). The minimum Gasteiger partial charge on any atom is -0.387 e. The van der Waals surface area contributed by atoms with Crippen molar-refractivity contribution in [1.82, 2.24) is 0 Å². The maximum atomic E-state index is 11.0. The molecule has 74 valence electrons. The number of aliphatic hydroxyl groups is 1. The second-order valence-electron chi connectivity index (χ2n) is 3.90. The zero-order valence-corrected chi connectivity index (χ0v) is 8.05. The van der Waals surface area contributed by atoms with Gasteiger partial charge in [-0.1, -0.05) is 36.4 Å². The van der Waals surface area contributed by atoms with E-state index in [1.54, 1.807) is 0 Å². The Bertz CT molecular complexity index is 540. The predicted octanol–water partition coefficient (Wildman–Crippen LogP) is 2.17. The van der Waals surface area contributed by atoms with E-state index < -0.39 is 12.0 Å². The van der Waals surface area contributed by atoms with E-state index in [4.69, 9.17) is 0 Å². The van der Waals surface area contributed by atoms with Gasteiger partial charge in [0.15, 0.2) is 0 Å². The fourth-order valence-electron chi connectivity index (χ4n) is 2.44. The van der Waals surface area contributed by atoms with Crippen LogP contribution in [0.4, 0.5) is 0 Å². The van der Waals surface area contributed by atoms with Crippen molar-refractivity contribution >= 4 is 17.1 Å². The summed E-state index contributed by atoms with van der Waals surface area (Å²) in [7, 11) is 0. The third-order valence-electron chi connectivity index (χ3n) is 3.13. The molecule has 15 heavy (non-hydrogen) atoms. The SMILES string of the molecule is O=CC1c2cccc3cccc(c23)C1O. The van der Waals surface area contributed by atoms with Crippen LogP contribution in [0.3, 0.4) is 0 Å². The highest BCUT2D eigenvalue weighted by atomic mass is 16.3. The molecule has 2 aromatic rings. The van der Waals surface area contributed by atoms with Gasteiger partial charge in [-0.25, -0.2) is 0 Å². The van der Waals surface area contributed by atoms with Gasteiger partial charge in [0.1, 0.15) is 6.29 Å². The smallest absolute Gasteiger partial charge is 0.130 e.